The Labute approximate surface area is 85.7 Å². The number of aryl methyl sites for hydroxylation is 1. The largest absolute Gasteiger partial charge is 0.383 e. The molecule has 0 aliphatic carbocycles. The second kappa shape index (κ2) is 4.42. The van der Waals surface area contributed by atoms with Crippen molar-refractivity contribution in [3.05, 3.63) is 23.4 Å². The van der Waals surface area contributed by atoms with Crippen LogP contribution in [-0.4, -0.2) is 12.0 Å². The average molecular weight is 193 g/mol. The van der Waals surface area contributed by atoms with Crippen molar-refractivity contribution in [2.24, 2.45) is 5.92 Å². The first-order chi connectivity index (χ1) is 6.56. The van der Waals surface area contributed by atoms with Gasteiger partial charge in [-0.2, -0.15) is 0 Å². The van der Waals surface area contributed by atoms with E-state index in [1.807, 2.05) is 14.0 Å². The van der Waals surface area contributed by atoms with E-state index in [0.29, 0.717) is 11.7 Å². The maximum absolute atomic E-state index is 5.85. The lowest BCUT2D eigenvalue weighted by molar-refractivity contribution is 0.443. The molecule has 0 radical (unpaired) electrons. The van der Waals surface area contributed by atoms with Gasteiger partial charge in [-0.05, 0) is 31.5 Å². The third kappa shape index (κ3) is 2.23. The predicted octanol–water partition coefficient (Wildman–Crippen LogP) is 1.89. The quantitative estimate of drug-likeness (QED) is 0.770. The van der Waals surface area contributed by atoms with Gasteiger partial charge in [0.05, 0.1) is 0 Å². The van der Waals surface area contributed by atoms with Crippen LogP contribution in [0.2, 0.25) is 0 Å². The molecule has 0 saturated carbocycles. The third-order valence-corrected chi connectivity index (χ3v) is 2.40. The van der Waals surface area contributed by atoms with Crippen LogP contribution in [0.25, 0.3) is 0 Å². The molecule has 0 bridgehead atoms. The lowest BCUT2D eigenvalue weighted by Gasteiger charge is -2.21. The molecule has 1 aromatic rings. The number of aromatic nitrogens is 1. The predicted molar refractivity (Wildman–Crippen MR) is 60.0 cm³/mol. The molecule has 0 fully saturated rings. The van der Waals surface area contributed by atoms with E-state index in [4.69, 9.17) is 5.73 Å². The lowest BCUT2D eigenvalue weighted by Crippen LogP contribution is -2.23. The first kappa shape index (κ1) is 11.0. The minimum absolute atomic E-state index is 0.280. The van der Waals surface area contributed by atoms with Gasteiger partial charge >= 0.3 is 0 Å². The number of rotatable bonds is 3. The van der Waals surface area contributed by atoms with Gasteiger partial charge in [0, 0.05) is 17.8 Å². The maximum Gasteiger partial charge on any atom is 0.128 e. The summed E-state index contributed by atoms with van der Waals surface area (Å²) in [4.78, 5) is 4.17. The summed E-state index contributed by atoms with van der Waals surface area (Å²) in [6, 6.07) is 2.38. The van der Waals surface area contributed by atoms with Crippen LogP contribution >= 0.6 is 0 Å². The highest BCUT2D eigenvalue weighted by Gasteiger charge is 2.16. The van der Waals surface area contributed by atoms with Gasteiger partial charge in [0.1, 0.15) is 5.82 Å². The van der Waals surface area contributed by atoms with Crippen molar-refractivity contribution < 1.29 is 0 Å². The van der Waals surface area contributed by atoms with Crippen molar-refractivity contribution in [2.45, 2.75) is 26.8 Å². The van der Waals surface area contributed by atoms with Gasteiger partial charge in [0.15, 0.2) is 0 Å². The molecule has 0 aliphatic heterocycles. The fourth-order valence-electron chi connectivity index (χ4n) is 1.70. The van der Waals surface area contributed by atoms with Crippen LogP contribution in [0.4, 0.5) is 5.82 Å². The van der Waals surface area contributed by atoms with Gasteiger partial charge in [-0.3, -0.25) is 0 Å². The first-order valence-corrected chi connectivity index (χ1v) is 4.95. The van der Waals surface area contributed by atoms with Crippen molar-refractivity contribution in [1.82, 2.24) is 10.3 Å². The molecular weight excluding hydrogens is 174 g/mol. The SMILES string of the molecule is CNC(c1cc(C)cnc1N)C(C)C. The summed E-state index contributed by atoms with van der Waals surface area (Å²) in [7, 11) is 1.95. The summed E-state index contributed by atoms with van der Waals surface area (Å²) >= 11 is 0. The number of hydrogen-bond donors (Lipinski definition) is 2. The van der Waals surface area contributed by atoms with E-state index >= 15 is 0 Å². The summed E-state index contributed by atoms with van der Waals surface area (Å²) in [6.07, 6.45) is 1.80. The Balaban J connectivity index is 3.08. The number of nitrogen functional groups attached to an aromatic ring is 1. The molecule has 0 saturated heterocycles. The van der Waals surface area contributed by atoms with Crippen LogP contribution < -0.4 is 11.1 Å². The Morgan fingerprint density at radius 1 is 1.43 bits per heavy atom. The summed E-state index contributed by atoms with van der Waals surface area (Å²) in [5.74, 6) is 1.13. The monoisotopic (exact) mass is 193 g/mol. The highest BCUT2D eigenvalue weighted by atomic mass is 14.9. The normalized spacial score (nSPS) is 13.2. The molecule has 1 heterocycles. The molecule has 3 N–H and O–H groups in total. The van der Waals surface area contributed by atoms with Crippen molar-refractivity contribution in [3.8, 4) is 0 Å². The highest BCUT2D eigenvalue weighted by molar-refractivity contribution is 5.43. The van der Waals surface area contributed by atoms with Crippen LogP contribution in [0.5, 0.6) is 0 Å². The number of nitrogens with zero attached hydrogens (tertiary/aromatic N) is 1. The standard InChI is InChI=1S/C11H19N3/c1-7(2)10(13-4)9-5-8(3)6-14-11(9)12/h5-7,10,13H,1-4H3,(H2,12,14). The summed E-state index contributed by atoms with van der Waals surface area (Å²) in [5.41, 5.74) is 8.10. The van der Waals surface area contributed by atoms with E-state index in [2.05, 4.69) is 30.2 Å². The van der Waals surface area contributed by atoms with Crippen molar-refractivity contribution in [2.75, 3.05) is 12.8 Å². The van der Waals surface area contributed by atoms with Crippen LogP contribution in [-0.2, 0) is 0 Å². The molecule has 78 valence electrons. The molecule has 0 amide bonds. The summed E-state index contributed by atoms with van der Waals surface area (Å²) in [6.45, 7) is 6.37. The van der Waals surface area contributed by atoms with Crippen LogP contribution in [0.15, 0.2) is 12.3 Å². The molecule has 0 aliphatic rings. The van der Waals surface area contributed by atoms with Gasteiger partial charge in [-0.25, -0.2) is 4.98 Å². The zero-order chi connectivity index (χ0) is 10.7. The van der Waals surface area contributed by atoms with E-state index in [1.165, 1.54) is 0 Å². The van der Waals surface area contributed by atoms with E-state index in [0.717, 1.165) is 11.1 Å². The Kier molecular flexibility index (Phi) is 3.47. The van der Waals surface area contributed by atoms with E-state index < -0.39 is 0 Å². The van der Waals surface area contributed by atoms with Gasteiger partial charge in [-0.1, -0.05) is 13.8 Å². The van der Waals surface area contributed by atoms with Gasteiger partial charge in [-0.15, -0.1) is 0 Å². The zero-order valence-electron chi connectivity index (χ0n) is 9.33. The van der Waals surface area contributed by atoms with Crippen molar-refractivity contribution in [1.29, 1.82) is 0 Å². The summed E-state index contributed by atoms with van der Waals surface area (Å²) in [5, 5.41) is 3.27. The molecule has 1 unspecified atom stereocenters. The smallest absolute Gasteiger partial charge is 0.128 e. The van der Waals surface area contributed by atoms with E-state index in [9.17, 15) is 0 Å². The minimum Gasteiger partial charge on any atom is -0.383 e. The van der Waals surface area contributed by atoms with Gasteiger partial charge < -0.3 is 11.1 Å². The van der Waals surface area contributed by atoms with E-state index in [1.54, 1.807) is 6.20 Å². The molecule has 0 aromatic carbocycles. The second-order valence-electron chi connectivity index (χ2n) is 4.00. The molecule has 3 nitrogen and oxygen atoms in total. The number of pyridine rings is 1. The van der Waals surface area contributed by atoms with Gasteiger partial charge in [0.25, 0.3) is 0 Å². The average Bonchev–Trinajstić information content (AvgIpc) is 2.11. The molecule has 0 spiro atoms. The Morgan fingerprint density at radius 3 is 2.57 bits per heavy atom. The van der Waals surface area contributed by atoms with Crippen molar-refractivity contribution in [3.63, 3.8) is 0 Å². The van der Waals surface area contributed by atoms with Gasteiger partial charge in [0.2, 0.25) is 0 Å². The van der Waals surface area contributed by atoms with Crippen LogP contribution in [0, 0.1) is 12.8 Å². The molecular formula is C11H19N3. The Morgan fingerprint density at radius 2 is 2.07 bits per heavy atom. The third-order valence-electron chi connectivity index (χ3n) is 2.40. The summed E-state index contributed by atoms with van der Waals surface area (Å²) < 4.78 is 0. The highest BCUT2D eigenvalue weighted by Crippen LogP contribution is 2.25. The molecule has 14 heavy (non-hydrogen) atoms. The molecule has 3 heteroatoms. The number of nitrogens with one attached hydrogen (secondary N) is 1. The lowest BCUT2D eigenvalue weighted by atomic mass is 9.96. The molecule has 1 atom stereocenters. The zero-order valence-corrected chi connectivity index (χ0v) is 9.33. The minimum atomic E-state index is 0.280. The fourth-order valence-corrected chi connectivity index (χ4v) is 1.70. The second-order valence-corrected chi connectivity index (χ2v) is 4.00. The molecule has 1 rings (SSSR count). The number of nitrogens with two attached hydrogens (primary N) is 1. The number of hydrogen-bond acceptors (Lipinski definition) is 3. The van der Waals surface area contributed by atoms with Crippen LogP contribution in [0.3, 0.4) is 0 Å². The number of anilines is 1. The van der Waals surface area contributed by atoms with E-state index in [-0.39, 0.29) is 6.04 Å². The molecule has 1 aromatic heterocycles. The van der Waals surface area contributed by atoms with Crippen LogP contribution in [0.1, 0.15) is 31.0 Å². The fraction of sp³-hybridized carbons (Fsp3) is 0.545. The van der Waals surface area contributed by atoms with Crippen molar-refractivity contribution >= 4 is 5.82 Å². The Hall–Kier alpha value is -1.09. The first-order valence-electron chi connectivity index (χ1n) is 4.95. The Bertz CT molecular complexity index is 307. The topological polar surface area (TPSA) is 50.9 Å². The maximum atomic E-state index is 5.85.